The van der Waals surface area contributed by atoms with E-state index in [1.165, 1.54) is 24.2 Å². The highest BCUT2D eigenvalue weighted by Crippen LogP contribution is 2.20. The Hall–Kier alpha value is -2.43. The SMILES string of the molecule is Cc1ncc(N)cc1C(=O)N(C)c1ccccc1F. The molecular formula is C14H14FN3O. The lowest BCUT2D eigenvalue weighted by atomic mass is 10.1. The molecule has 1 amide bonds. The Balaban J connectivity index is 2.39. The third-order valence-electron chi connectivity index (χ3n) is 2.86. The van der Waals surface area contributed by atoms with Gasteiger partial charge in [-0.05, 0) is 25.1 Å². The molecule has 1 aromatic heterocycles. The Morgan fingerprint density at radius 3 is 2.74 bits per heavy atom. The van der Waals surface area contributed by atoms with Crippen LogP contribution in [0.15, 0.2) is 36.5 Å². The van der Waals surface area contributed by atoms with Crippen LogP contribution in [0, 0.1) is 12.7 Å². The van der Waals surface area contributed by atoms with Crippen molar-refractivity contribution in [3.05, 3.63) is 53.6 Å². The second-order valence-corrected chi connectivity index (χ2v) is 4.22. The van der Waals surface area contributed by atoms with Crippen LogP contribution in [0.5, 0.6) is 0 Å². The number of carbonyl (C=O) groups excluding carboxylic acids is 1. The molecule has 1 aromatic carbocycles. The molecule has 19 heavy (non-hydrogen) atoms. The average molecular weight is 259 g/mol. The van der Waals surface area contributed by atoms with Gasteiger partial charge in [-0.15, -0.1) is 0 Å². The predicted molar refractivity (Wildman–Crippen MR) is 72.5 cm³/mol. The highest BCUT2D eigenvalue weighted by atomic mass is 19.1. The predicted octanol–water partition coefficient (Wildman–Crippen LogP) is 2.39. The number of nitrogen functional groups attached to an aromatic ring is 1. The smallest absolute Gasteiger partial charge is 0.260 e. The standard InChI is InChI=1S/C14H14FN3O/c1-9-11(7-10(16)8-17-9)14(19)18(2)13-6-4-3-5-12(13)15/h3-8H,16H2,1-2H3. The third-order valence-corrected chi connectivity index (χ3v) is 2.86. The van der Waals surface area contributed by atoms with Gasteiger partial charge in [0.05, 0.1) is 28.8 Å². The van der Waals surface area contributed by atoms with Gasteiger partial charge in [-0.2, -0.15) is 0 Å². The van der Waals surface area contributed by atoms with Crippen LogP contribution in [-0.2, 0) is 0 Å². The van der Waals surface area contributed by atoms with Crippen LogP contribution in [0.4, 0.5) is 15.8 Å². The number of anilines is 2. The van der Waals surface area contributed by atoms with E-state index in [9.17, 15) is 9.18 Å². The number of hydrogen-bond donors (Lipinski definition) is 1. The van der Waals surface area contributed by atoms with Gasteiger partial charge in [-0.25, -0.2) is 4.39 Å². The van der Waals surface area contributed by atoms with Crippen LogP contribution in [0.2, 0.25) is 0 Å². The van der Waals surface area contributed by atoms with Gasteiger partial charge in [-0.1, -0.05) is 12.1 Å². The van der Waals surface area contributed by atoms with Crippen molar-refractivity contribution < 1.29 is 9.18 Å². The molecule has 2 N–H and O–H groups in total. The maximum Gasteiger partial charge on any atom is 0.260 e. The summed E-state index contributed by atoms with van der Waals surface area (Å²) >= 11 is 0. The van der Waals surface area contributed by atoms with Crippen molar-refractivity contribution in [2.45, 2.75) is 6.92 Å². The largest absolute Gasteiger partial charge is 0.397 e. The highest BCUT2D eigenvalue weighted by molar-refractivity contribution is 6.06. The highest BCUT2D eigenvalue weighted by Gasteiger charge is 2.18. The summed E-state index contributed by atoms with van der Waals surface area (Å²) in [7, 11) is 1.52. The maximum atomic E-state index is 13.7. The molecule has 0 radical (unpaired) electrons. The molecular weight excluding hydrogens is 245 g/mol. The van der Waals surface area contributed by atoms with Crippen molar-refractivity contribution in [2.75, 3.05) is 17.7 Å². The van der Waals surface area contributed by atoms with Crippen molar-refractivity contribution in [1.82, 2.24) is 4.98 Å². The number of halogens is 1. The Morgan fingerprint density at radius 2 is 2.05 bits per heavy atom. The summed E-state index contributed by atoms with van der Waals surface area (Å²) in [6.45, 7) is 1.71. The number of aromatic nitrogens is 1. The van der Waals surface area contributed by atoms with Crippen LogP contribution in [0.25, 0.3) is 0 Å². The summed E-state index contributed by atoms with van der Waals surface area (Å²) in [5.74, 6) is -0.796. The molecule has 0 aliphatic rings. The molecule has 0 spiro atoms. The minimum Gasteiger partial charge on any atom is -0.397 e. The van der Waals surface area contributed by atoms with Gasteiger partial charge >= 0.3 is 0 Å². The zero-order chi connectivity index (χ0) is 14.0. The number of benzene rings is 1. The summed E-state index contributed by atoms with van der Waals surface area (Å²) in [6, 6.07) is 7.64. The first-order valence-electron chi connectivity index (χ1n) is 5.75. The summed E-state index contributed by atoms with van der Waals surface area (Å²) in [4.78, 5) is 17.6. The van der Waals surface area contributed by atoms with Gasteiger partial charge < -0.3 is 10.6 Å². The lowest BCUT2D eigenvalue weighted by molar-refractivity contribution is 0.0991. The first-order chi connectivity index (χ1) is 9.00. The minimum atomic E-state index is -0.451. The summed E-state index contributed by atoms with van der Waals surface area (Å²) in [6.07, 6.45) is 1.48. The quantitative estimate of drug-likeness (QED) is 0.900. The number of amides is 1. The molecule has 0 saturated carbocycles. The summed E-state index contributed by atoms with van der Waals surface area (Å²) < 4.78 is 13.7. The first kappa shape index (κ1) is 13.0. The number of para-hydroxylation sites is 1. The normalized spacial score (nSPS) is 10.3. The van der Waals surface area contributed by atoms with E-state index in [1.807, 2.05) is 0 Å². The summed E-state index contributed by atoms with van der Waals surface area (Å²) in [5.41, 5.74) is 7.17. The van der Waals surface area contributed by atoms with Gasteiger partial charge in [-0.3, -0.25) is 9.78 Å². The van der Waals surface area contributed by atoms with Gasteiger partial charge in [0.1, 0.15) is 5.82 Å². The van der Waals surface area contributed by atoms with E-state index in [4.69, 9.17) is 5.73 Å². The van der Waals surface area contributed by atoms with Gasteiger partial charge in [0.15, 0.2) is 0 Å². The lowest BCUT2D eigenvalue weighted by Crippen LogP contribution is -2.28. The van der Waals surface area contributed by atoms with Crippen LogP contribution >= 0.6 is 0 Å². The molecule has 5 heteroatoms. The minimum absolute atomic E-state index is 0.217. The molecule has 0 aliphatic carbocycles. The number of nitrogens with two attached hydrogens (primary N) is 1. The second kappa shape index (κ2) is 5.06. The van der Waals surface area contributed by atoms with Crippen LogP contribution in [-0.4, -0.2) is 17.9 Å². The number of pyridine rings is 1. The van der Waals surface area contributed by atoms with E-state index >= 15 is 0 Å². The van der Waals surface area contributed by atoms with Gasteiger partial charge in [0.2, 0.25) is 0 Å². The molecule has 0 saturated heterocycles. The molecule has 0 atom stereocenters. The lowest BCUT2D eigenvalue weighted by Gasteiger charge is -2.18. The molecule has 98 valence electrons. The molecule has 1 heterocycles. The second-order valence-electron chi connectivity index (χ2n) is 4.22. The van der Waals surface area contributed by atoms with E-state index in [0.717, 1.165) is 0 Å². The van der Waals surface area contributed by atoms with Crippen molar-refractivity contribution in [3.63, 3.8) is 0 Å². The molecule has 0 bridgehead atoms. The van der Waals surface area contributed by atoms with Gasteiger partial charge in [0, 0.05) is 7.05 Å². The van der Waals surface area contributed by atoms with Crippen molar-refractivity contribution in [1.29, 1.82) is 0 Å². The topological polar surface area (TPSA) is 59.2 Å². The molecule has 0 unspecified atom stereocenters. The zero-order valence-corrected chi connectivity index (χ0v) is 10.7. The van der Waals surface area contributed by atoms with Crippen LogP contribution in [0.1, 0.15) is 16.1 Å². The average Bonchev–Trinajstić information content (AvgIpc) is 2.40. The number of hydrogen-bond acceptors (Lipinski definition) is 3. The summed E-state index contributed by atoms with van der Waals surface area (Å²) in [5, 5.41) is 0. The van der Waals surface area contributed by atoms with E-state index in [-0.39, 0.29) is 11.6 Å². The Labute approximate surface area is 110 Å². The Morgan fingerprint density at radius 1 is 1.37 bits per heavy atom. The third kappa shape index (κ3) is 2.54. The van der Waals surface area contributed by atoms with Crippen molar-refractivity contribution >= 4 is 17.3 Å². The molecule has 2 rings (SSSR count). The van der Waals surface area contributed by atoms with E-state index in [1.54, 1.807) is 31.2 Å². The van der Waals surface area contributed by atoms with Crippen molar-refractivity contribution in [2.24, 2.45) is 0 Å². The Bertz CT molecular complexity index is 628. The van der Waals surface area contributed by atoms with Gasteiger partial charge in [0.25, 0.3) is 5.91 Å². The fraction of sp³-hybridized carbons (Fsp3) is 0.143. The molecule has 4 nitrogen and oxygen atoms in total. The maximum absolute atomic E-state index is 13.7. The van der Waals surface area contributed by atoms with Crippen LogP contribution in [0.3, 0.4) is 0 Å². The van der Waals surface area contributed by atoms with E-state index in [0.29, 0.717) is 16.9 Å². The number of rotatable bonds is 2. The van der Waals surface area contributed by atoms with E-state index < -0.39 is 5.82 Å². The number of aryl methyl sites for hydroxylation is 1. The molecule has 0 fully saturated rings. The van der Waals surface area contributed by atoms with E-state index in [2.05, 4.69) is 4.98 Å². The number of carbonyl (C=O) groups is 1. The van der Waals surface area contributed by atoms with Crippen LogP contribution < -0.4 is 10.6 Å². The van der Waals surface area contributed by atoms with Crippen molar-refractivity contribution in [3.8, 4) is 0 Å². The molecule has 2 aromatic rings. The number of nitrogens with zero attached hydrogens (tertiary/aromatic N) is 2. The monoisotopic (exact) mass is 259 g/mol. The first-order valence-corrected chi connectivity index (χ1v) is 5.75. The fourth-order valence-electron chi connectivity index (χ4n) is 1.78. The fourth-order valence-corrected chi connectivity index (χ4v) is 1.78. The zero-order valence-electron chi connectivity index (χ0n) is 10.7. The molecule has 0 aliphatic heterocycles. The Kier molecular flexibility index (Phi) is 3.46.